The molecule has 0 fully saturated rings. The van der Waals surface area contributed by atoms with Crippen LogP contribution in [0.4, 0.5) is 5.69 Å². The van der Waals surface area contributed by atoms with Crippen molar-refractivity contribution in [2.24, 2.45) is 0 Å². The normalized spacial score (nSPS) is 11.9. The molecule has 1 N–H and O–H groups in total. The predicted octanol–water partition coefficient (Wildman–Crippen LogP) is 6.27. The molecular formula is C33H33Cl2N3O4S. The molecule has 0 saturated carbocycles. The van der Waals surface area contributed by atoms with E-state index < -0.39 is 28.5 Å². The van der Waals surface area contributed by atoms with E-state index in [0.29, 0.717) is 22.2 Å². The number of likely N-dealkylation sites (N-methyl/N-ethyl adjacent to an activating group) is 1. The Labute approximate surface area is 263 Å². The first-order valence-corrected chi connectivity index (χ1v) is 16.0. The fraction of sp³-hybridized carbons (Fsp3) is 0.212. The summed E-state index contributed by atoms with van der Waals surface area (Å²) in [7, 11) is -4.21. The molecule has 0 aliphatic rings. The minimum Gasteiger partial charge on any atom is -0.355 e. The first kappa shape index (κ1) is 32.1. The Morgan fingerprint density at radius 1 is 0.814 bits per heavy atom. The molecule has 0 aliphatic carbocycles. The fourth-order valence-electron chi connectivity index (χ4n) is 4.73. The molecule has 1 atom stereocenters. The molecule has 0 saturated heterocycles. The maximum Gasteiger partial charge on any atom is 0.264 e. The quantitative estimate of drug-likeness (QED) is 0.198. The fourth-order valence-corrected chi connectivity index (χ4v) is 6.52. The van der Waals surface area contributed by atoms with E-state index in [1.165, 1.54) is 17.0 Å². The van der Waals surface area contributed by atoms with Gasteiger partial charge in [-0.15, -0.1) is 0 Å². The van der Waals surface area contributed by atoms with Crippen LogP contribution in [-0.2, 0) is 32.6 Å². The van der Waals surface area contributed by atoms with E-state index in [4.69, 9.17) is 23.2 Å². The molecule has 2 amide bonds. The number of carbonyl (C=O) groups is 2. The lowest BCUT2D eigenvalue weighted by atomic mass is 10.0. The lowest BCUT2D eigenvalue weighted by Crippen LogP contribution is -2.53. The SMILES string of the molecule is CCNC(=O)C(Cc1ccccc1)N(Cc1ccc(Cl)cc1)C(=O)CN(c1cccc(Cl)c1C)S(=O)(=O)c1ccccc1. The molecule has 7 nitrogen and oxygen atoms in total. The van der Waals surface area contributed by atoms with Gasteiger partial charge in [0.05, 0.1) is 10.6 Å². The number of hydrogen-bond acceptors (Lipinski definition) is 4. The maximum atomic E-state index is 14.4. The Kier molecular flexibility index (Phi) is 10.9. The average molecular weight is 639 g/mol. The van der Waals surface area contributed by atoms with E-state index in [-0.39, 0.29) is 29.5 Å². The number of benzene rings is 4. The van der Waals surface area contributed by atoms with Gasteiger partial charge in [-0.05, 0) is 66.9 Å². The van der Waals surface area contributed by atoms with Crippen LogP contribution >= 0.6 is 23.2 Å². The minimum atomic E-state index is -4.21. The number of hydrogen-bond donors (Lipinski definition) is 1. The van der Waals surface area contributed by atoms with Gasteiger partial charge < -0.3 is 10.2 Å². The average Bonchev–Trinajstić information content (AvgIpc) is 3.01. The van der Waals surface area contributed by atoms with E-state index in [0.717, 1.165) is 15.4 Å². The second-order valence-electron chi connectivity index (χ2n) is 9.96. The molecule has 1 unspecified atom stereocenters. The van der Waals surface area contributed by atoms with Crippen molar-refractivity contribution in [3.05, 3.63) is 130 Å². The van der Waals surface area contributed by atoms with Gasteiger partial charge in [-0.1, -0.05) is 89.9 Å². The van der Waals surface area contributed by atoms with Crippen LogP contribution in [0.1, 0.15) is 23.6 Å². The van der Waals surface area contributed by atoms with E-state index in [9.17, 15) is 18.0 Å². The topological polar surface area (TPSA) is 86.8 Å². The second kappa shape index (κ2) is 14.6. The van der Waals surface area contributed by atoms with Crippen LogP contribution in [0, 0.1) is 6.92 Å². The third-order valence-corrected chi connectivity index (χ3v) is 9.44. The van der Waals surface area contributed by atoms with Crippen LogP contribution in [0.25, 0.3) is 0 Å². The Morgan fingerprint density at radius 2 is 1.44 bits per heavy atom. The van der Waals surface area contributed by atoms with Gasteiger partial charge in [0.2, 0.25) is 11.8 Å². The van der Waals surface area contributed by atoms with Gasteiger partial charge >= 0.3 is 0 Å². The number of carbonyl (C=O) groups excluding carboxylic acids is 2. The lowest BCUT2D eigenvalue weighted by molar-refractivity contribution is -0.140. The van der Waals surface area contributed by atoms with Gasteiger partial charge in [0.1, 0.15) is 12.6 Å². The number of nitrogens with one attached hydrogen (secondary N) is 1. The van der Waals surface area contributed by atoms with Gasteiger partial charge in [-0.2, -0.15) is 0 Å². The Balaban J connectivity index is 1.81. The zero-order chi connectivity index (χ0) is 31.0. The predicted molar refractivity (Wildman–Crippen MR) is 172 cm³/mol. The van der Waals surface area contributed by atoms with E-state index in [1.807, 2.05) is 30.3 Å². The summed E-state index contributed by atoms with van der Waals surface area (Å²) in [6.45, 7) is 3.37. The van der Waals surface area contributed by atoms with Crippen molar-refractivity contribution in [2.45, 2.75) is 37.8 Å². The van der Waals surface area contributed by atoms with Gasteiger partial charge in [0.15, 0.2) is 0 Å². The van der Waals surface area contributed by atoms with Crippen molar-refractivity contribution >= 4 is 50.7 Å². The summed E-state index contributed by atoms with van der Waals surface area (Å²) in [5.74, 6) is -0.897. The first-order valence-electron chi connectivity index (χ1n) is 13.8. The number of halogens is 2. The molecule has 0 aliphatic heterocycles. The molecule has 0 aromatic heterocycles. The van der Waals surface area contributed by atoms with Gasteiger partial charge in [-0.25, -0.2) is 8.42 Å². The molecule has 43 heavy (non-hydrogen) atoms. The van der Waals surface area contributed by atoms with Gasteiger partial charge in [-0.3, -0.25) is 13.9 Å². The van der Waals surface area contributed by atoms with E-state index in [2.05, 4.69) is 5.32 Å². The smallest absolute Gasteiger partial charge is 0.264 e. The molecule has 10 heteroatoms. The molecule has 4 rings (SSSR count). The largest absolute Gasteiger partial charge is 0.355 e. The third-order valence-electron chi connectivity index (χ3n) is 7.01. The second-order valence-corrected chi connectivity index (χ2v) is 12.7. The lowest BCUT2D eigenvalue weighted by Gasteiger charge is -2.34. The highest BCUT2D eigenvalue weighted by Crippen LogP contribution is 2.31. The molecule has 224 valence electrons. The summed E-state index contributed by atoms with van der Waals surface area (Å²) in [5.41, 5.74) is 2.36. The summed E-state index contributed by atoms with van der Waals surface area (Å²) in [4.78, 5) is 29.4. The summed E-state index contributed by atoms with van der Waals surface area (Å²) in [5, 5.41) is 3.74. The number of amides is 2. The molecule has 0 radical (unpaired) electrons. The Bertz CT molecular complexity index is 1650. The maximum absolute atomic E-state index is 14.4. The minimum absolute atomic E-state index is 0.0241. The van der Waals surface area contributed by atoms with Gasteiger partial charge in [0, 0.05) is 29.6 Å². The van der Waals surface area contributed by atoms with Crippen molar-refractivity contribution in [3.8, 4) is 0 Å². The van der Waals surface area contributed by atoms with Crippen LogP contribution in [0.5, 0.6) is 0 Å². The molecular weight excluding hydrogens is 605 g/mol. The summed E-state index contributed by atoms with van der Waals surface area (Å²) in [6.07, 6.45) is 0.230. The van der Waals surface area contributed by atoms with Crippen molar-refractivity contribution in [1.29, 1.82) is 0 Å². The zero-order valence-corrected chi connectivity index (χ0v) is 26.2. The number of anilines is 1. The molecule has 0 spiro atoms. The first-order chi connectivity index (χ1) is 20.6. The monoisotopic (exact) mass is 637 g/mol. The number of nitrogens with zero attached hydrogens (tertiary/aromatic N) is 2. The summed E-state index contributed by atoms with van der Waals surface area (Å²) >= 11 is 12.5. The van der Waals surface area contributed by atoms with Crippen molar-refractivity contribution < 1.29 is 18.0 Å². The van der Waals surface area contributed by atoms with E-state index in [1.54, 1.807) is 74.5 Å². The molecule has 0 bridgehead atoms. The number of sulfonamides is 1. The molecule has 4 aromatic carbocycles. The van der Waals surface area contributed by atoms with E-state index >= 15 is 0 Å². The summed E-state index contributed by atoms with van der Waals surface area (Å²) < 4.78 is 29.2. The highest BCUT2D eigenvalue weighted by molar-refractivity contribution is 7.92. The third kappa shape index (κ3) is 7.96. The standard InChI is InChI=1S/C33H33Cl2N3O4S/c1-3-36-33(40)31(21-25-11-6-4-7-12-25)37(22-26-17-19-27(34)20-18-26)32(39)23-38(30-16-10-15-29(35)24(30)2)43(41,42)28-13-8-5-9-14-28/h4-20,31H,3,21-23H2,1-2H3,(H,36,40). The highest BCUT2D eigenvalue weighted by atomic mass is 35.5. The van der Waals surface area contributed by atoms with Crippen LogP contribution in [0.2, 0.25) is 10.0 Å². The Morgan fingerprint density at radius 3 is 2.07 bits per heavy atom. The van der Waals surface area contributed by atoms with Crippen molar-refractivity contribution in [3.63, 3.8) is 0 Å². The van der Waals surface area contributed by atoms with Crippen molar-refractivity contribution in [2.75, 3.05) is 17.4 Å². The summed E-state index contributed by atoms with van der Waals surface area (Å²) in [6, 6.07) is 28.3. The highest BCUT2D eigenvalue weighted by Gasteiger charge is 2.35. The zero-order valence-electron chi connectivity index (χ0n) is 23.9. The van der Waals surface area contributed by atoms with Crippen LogP contribution in [0.3, 0.4) is 0 Å². The molecule has 4 aromatic rings. The van der Waals surface area contributed by atoms with Crippen LogP contribution < -0.4 is 9.62 Å². The molecule has 0 heterocycles. The van der Waals surface area contributed by atoms with Gasteiger partial charge in [0.25, 0.3) is 10.0 Å². The van der Waals surface area contributed by atoms with Crippen LogP contribution in [-0.4, -0.2) is 44.3 Å². The number of rotatable bonds is 12. The van der Waals surface area contributed by atoms with Crippen molar-refractivity contribution in [1.82, 2.24) is 10.2 Å². The Hall–Kier alpha value is -3.85. The van der Waals surface area contributed by atoms with Crippen LogP contribution in [0.15, 0.2) is 108 Å².